The molecule has 2 aromatic carbocycles. The summed E-state index contributed by atoms with van der Waals surface area (Å²) in [6, 6.07) is 15.3. The van der Waals surface area contributed by atoms with Gasteiger partial charge in [0, 0.05) is 48.7 Å². The van der Waals surface area contributed by atoms with Gasteiger partial charge in [0.2, 0.25) is 0 Å². The maximum atomic E-state index is 5.83. The zero-order chi connectivity index (χ0) is 17.5. The van der Waals surface area contributed by atoms with Gasteiger partial charge in [0.05, 0.1) is 19.5 Å². The molecule has 134 valence electrons. The fraction of sp³-hybridized carbons (Fsp3) is 0.364. The summed E-state index contributed by atoms with van der Waals surface area (Å²) in [6.07, 6.45) is 1.95. The number of benzene rings is 2. The molecule has 3 heterocycles. The number of furan rings is 1. The van der Waals surface area contributed by atoms with Crippen LogP contribution in [0.5, 0.6) is 0 Å². The monoisotopic (exact) mass is 348 g/mol. The molecule has 2 aliphatic rings. The number of hydrogen-bond acceptors (Lipinski definition) is 4. The molecule has 1 unspecified atom stereocenters. The van der Waals surface area contributed by atoms with E-state index in [-0.39, 0.29) is 0 Å². The number of para-hydroxylation sites is 1. The molecule has 4 heteroatoms. The van der Waals surface area contributed by atoms with Gasteiger partial charge in [-0.1, -0.05) is 24.3 Å². The second kappa shape index (κ2) is 6.45. The molecule has 0 bridgehead atoms. The van der Waals surface area contributed by atoms with Crippen molar-refractivity contribution in [2.45, 2.75) is 12.5 Å². The van der Waals surface area contributed by atoms with Crippen LogP contribution >= 0.6 is 0 Å². The smallest absolute Gasteiger partial charge is 0.134 e. The lowest BCUT2D eigenvalue weighted by atomic mass is 9.84. The van der Waals surface area contributed by atoms with E-state index < -0.39 is 0 Å². The molecule has 0 radical (unpaired) electrons. The molecular formula is C22H24N2O2. The Morgan fingerprint density at radius 3 is 2.73 bits per heavy atom. The summed E-state index contributed by atoms with van der Waals surface area (Å²) in [7, 11) is 2.21. The van der Waals surface area contributed by atoms with Crippen LogP contribution in [0.2, 0.25) is 0 Å². The molecule has 0 saturated carbocycles. The Kier molecular flexibility index (Phi) is 3.95. The van der Waals surface area contributed by atoms with Gasteiger partial charge in [-0.2, -0.15) is 0 Å². The zero-order valence-corrected chi connectivity index (χ0v) is 15.1. The quantitative estimate of drug-likeness (QED) is 0.703. The first-order chi connectivity index (χ1) is 12.8. The van der Waals surface area contributed by atoms with Crippen molar-refractivity contribution in [3.05, 3.63) is 65.4 Å². The fourth-order valence-corrected chi connectivity index (χ4v) is 4.39. The van der Waals surface area contributed by atoms with Crippen molar-refractivity contribution < 1.29 is 9.15 Å². The summed E-state index contributed by atoms with van der Waals surface area (Å²) in [6.45, 7) is 5.61. The van der Waals surface area contributed by atoms with Gasteiger partial charge in [-0.3, -0.25) is 0 Å². The third-order valence-corrected chi connectivity index (χ3v) is 5.70. The second-order valence-electron chi connectivity index (χ2n) is 7.42. The van der Waals surface area contributed by atoms with E-state index in [2.05, 4.69) is 47.2 Å². The molecule has 5 rings (SSSR count). The third-order valence-electron chi connectivity index (χ3n) is 5.70. The average Bonchev–Trinajstić information content (AvgIpc) is 3.11. The van der Waals surface area contributed by atoms with E-state index in [1.165, 1.54) is 27.8 Å². The van der Waals surface area contributed by atoms with E-state index in [0.717, 1.165) is 45.0 Å². The number of anilines is 1. The van der Waals surface area contributed by atoms with Crippen molar-refractivity contribution in [2.75, 3.05) is 44.8 Å². The van der Waals surface area contributed by atoms with Gasteiger partial charge in [-0.25, -0.2) is 0 Å². The minimum Gasteiger partial charge on any atom is -0.464 e. The first-order valence-corrected chi connectivity index (χ1v) is 9.40. The van der Waals surface area contributed by atoms with E-state index in [9.17, 15) is 0 Å². The summed E-state index contributed by atoms with van der Waals surface area (Å²) >= 11 is 0. The van der Waals surface area contributed by atoms with E-state index in [4.69, 9.17) is 9.15 Å². The fourth-order valence-electron chi connectivity index (χ4n) is 4.39. The Morgan fingerprint density at radius 2 is 1.85 bits per heavy atom. The van der Waals surface area contributed by atoms with Crippen LogP contribution in [-0.2, 0) is 11.3 Å². The number of rotatable bonds is 2. The highest BCUT2D eigenvalue weighted by Crippen LogP contribution is 2.38. The standard InChI is InChI=1S/C22H24N2O2/c1-23-13-16-12-17(24-8-10-25-11-9-24)6-7-18(16)20(14-23)21-15-26-22-5-3-2-4-19(21)22/h2-7,12,15,20H,8-11,13-14H2,1H3. The minimum atomic E-state index is 0.353. The number of ether oxygens (including phenoxy) is 1. The van der Waals surface area contributed by atoms with Crippen molar-refractivity contribution in [1.82, 2.24) is 4.90 Å². The van der Waals surface area contributed by atoms with Crippen molar-refractivity contribution in [2.24, 2.45) is 0 Å². The van der Waals surface area contributed by atoms with Crippen molar-refractivity contribution in [3.63, 3.8) is 0 Å². The zero-order valence-electron chi connectivity index (χ0n) is 15.1. The largest absolute Gasteiger partial charge is 0.464 e. The summed E-state index contributed by atoms with van der Waals surface area (Å²) in [5, 5.41) is 1.23. The Labute approximate surface area is 154 Å². The molecule has 4 nitrogen and oxygen atoms in total. The molecular weight excluding hydrogens is 324 g/mol. The molecule has 1 saturated heterocycles. The van der Waals surface area contributed by atoms with Gasteiger partial charge in [0.25, 0.3) is 0 Å². The van der Waals surface area contributed by atoms with E-state index in [1.54, 1.807) is 0 Å². The van der Waals surface area contributed by atoms with Crippen LogP contribution in [0.3, 0.4) is 0 Å². The molecule has 0 spiro atoms. The summed E-state index contributed by atoms with van der Waals surface area (Å²) in [4.78, 5) is 4.85. The number of fused-ring (bicyclic) bond motifs is 2. The molecule has 2 aliphatic heterocycles. The van der Waals surface area contributed by atoms with E-state index in [1.807, 2.05) is 18.4 Å². The van der Waals surface area contributed by atoms with Gasteiger partial charge >= 0.3 is 0 Å². The highest BCUT2D eigenvalue weighted by molar-refractivity contribution is 5.82. The topological polar surface area (TPSA) is 28.9 Å². The SMILES string of the molecule is CN1Cc2cc(N3CCOCC3)ccc2C(c2coc3ccccc23)C1. The van der Waals surface area contributed by atoms with Crippen molar-refractivity contribution >= 4 is 16.7 Å². The van der Waals surface area contributed by atoms with Crippen LogP contribution in [0.4, 0.5) is 5.69 Å². The van der Waals surface area contributed by atoms with Gasteiger partial charge in [0.15, 0.2) is 0 Å². The maximum absolute atomic E-state index is 5.83. The lowest BCUT2D eigenvalue weighted by Crippen LogP contribution is -2.36. The van der Waals surface area contributed by atoms with Gasteiger partial charge in [0.1, 0.15) is 5.58 Å². The lowest BCUT2D eigenvalue weighted by molar-refractivity contribution is 0.122. The first kappa shape index (κ1) is 15.9. The van der Waals surface area contributed by atoms with E-state index in [0.29, 0.717) is 5.92 Å². The van der Waals surface area contributed by atoms with Gasteiger partial charge in [-0.05, 0) is 36.4 Å². The minimum absolute atomic E-state index is 0.353. The summed E-state index contributed by atoms with van der Waals surface area (Å²) < 4.78 is 11.3. The molecule has 1 atom stereocenters. The number of nitrogens with zero attached hydrogens (tertiary/aromatic N) is 2. The number of morpholine rings is 1. The van der Waals surface area contributed by atoms with Crippen LogP contribution in [0.1, 0.15) is 22.6 Å². The third kappa shape index (κ3) is 2.70. The lowest BCUT2D eigenvalue weighted by Gasteiger charge is -2.34. The number of hydrogen-bond donors (Lipinski definition) is 0. The van der Waals surface area contributed by atoms with Gasteiger partial charge < -0.3 is 19.0 Å². The Morgan fingerprint density at radius 1 is 1.00 bits per heavy atom. The molecule has 26 heavy (non-hydrogen) atoms. The van der Waals surface area contributed by atoms with Crippen LogP contribution < -0.4 is 4.90 Å². The van der Waals surface area contributed by atoms with Crippen LogP contribution in [0.25, 0.3) is 11.0 Å². The number of likely N-dealkylation sites (N-methyl/N-ethyl adjacent to an activating group) is 1. The van der Waals surface area contributed by atoms with Crippen LogP contribution in [-0.4, -0.2) is 44.8 Å². The average molecular weight is 348 g/mol. The molecule has 0 amide bonds. The van der Waals surface area contributed by atoms with Crippen LogP contribution in [0.15, 0.2) is 53.1 Å². The Hall–Kier alpha value is -2.30. The molecule has 1 aromatic heterocycles. The summed E-state index contributed by atoms with van der Waals surface area (Å²) in [5.74, 6) is 0.353. The van der Waals surface area contributed by atoms with Crippen LogP contribution in [0, 0.1) is 0 Å². The van der Waals surface area contributed by atoms with Gasteiger partial charge in [-0.15, -0.1) is 0 Å². The second-order valence-corrected chi connectivity index (χ2v) is 7.42. The van der Waals surface area contributed by atoms with Crippen molar-refractivity contribution in [3.8, 4) is 0 Å². The van der Waals surface area contributed by atoms with Crippen molar-refractivity contribution in [1.29, 1.82) is 0 Å². The Bertz CT molecular complexity index is 927. The van der Waals surface area contributed by atoms with E-state index >= 15 is 0 Å². The molecule has 3 aromatic rings. The predicted octanol–water partition coefficient (Wildman–Crippen LogP) is 3.85. The highest BCUT2D eigenvalue weighted by Gasteiger charge is 2.28. The first-order valence-electron chi connectivity index (χ1n) is 9.40. The maximum Gasteiger partial charge on any atom is 0.134 e. The molecule has 0 aliphatic carbocycles. The highest BCUT2D eigenvalue weighted by atomic mass is 16.5. The molecule has 1 fully saturated rings. The molecule has 0 N–H and O–H groups in total. The predicted molar refractivity (Wildman–Crippen MR) is 104 cm³/mol. The Balaban J connectivity index is 1.55. The normalized spacial score (nSPS) is 21.1. The summed E-state index contributed by atoms with van der Waals surface area (Å²) in [5.41, 5.74) is 6.46.